The van der Waals surface area contributed by atoms with Crippen molar-refractivity contribution in [3.05, 3.63) is 47.0 Å². The molecule has 4 nitrogen and oxygen atoms in total. The Kier molecular flexibility index (Phi) is 5.52. The Morgan fingerprint density at radius 3 is 2.35 bits per heavy atom. The summed E-state index contributed by atoms with van der Waals surface area (Å²) in [6.07, 6.45) is 3.12. The summed E-state index contributed by atoms with van der Waals surface area (Å²) in [5.74, 6) is 1.48. The zero-order chi connectivity index (χ0) is 18.7. The van der Waals surface area contributed by atoms with Crippen molar-refractivity contribution in [3.8, 4) is 22.8 Å². The molecule has 3 aromatic rings. The van der Waals surface area contributed by atoms with Gasteiger partial charge in [0.2, 0.25) is 0 Å². The standard InChI is InChI=1S/C22H28N2O2/c1-14-8-9-15(2)21-20(14)17(7-5-6-12-23)22(24-21)16-10-11-18(25-3)19(13-16)26-4/h8-11,13,24H,5-7,12,23H2,1-4H3. The number of rotatable bonds is 7. The van der Waals surface area contributed by atoms with Gasteiger partial charge in [0.25, 0.3) is 0 Å². The van der Waals surface area contributed by atoms with Gasteiger partial charge in [0.15, 0.2) is 11.5 Å². The van der Waals surface area contributed by atoms with E-state index in [0.29, 0.717) is 0 Å². The number of methoxy groups -OCH3 is 2. The van der Waals surface area contributed by atoms with Crippen molar-refractivity contribution in [2.45, 2.75) is 33.1 Å². The van der Waals surface area contributed by atoms with E-state index in [1.165, 1.54) is 27.6 Å². The largest absolute Gasteiger partial charge is 0.493 e. The number of H-pyrrole nitrogens is 1. The summed E-state index contributed by atoms with van der Waals surface area (Å²) in [5.41, 5.74) is 13.1. The first-order chi connectivity index (χ1) is 12.6. The minimum absolute atomic E-state index is 0.728. The lowest BCUT2D eigenvalue weighted by atomic mass is 9.97. The average molecular weight is 352 g/mol. The Morgan fingerprint density at radius 2 is 1.65 bits per heavy atom. The lowest BCUT2D eigenvalue weighted by molar-refractivity contribution is 0.355. The molecule has 26 heavy (non-hydrogen) atoms. The van der Waals surface area contributed by atoms with Crippen LogP contribution in [0.25, 0.3) is 22.2 Å². The molecular weight excluding hydrogens is 324 g/mol. The van der Waals surface area contributed by atoms with Gasteiger partial charge in [0, 0.05) is 22.2 Å². The predicted molar refractivity (Wildman–Crippen MR) is 108 cm³/mol. The van der Waals surface area contributed by atoms with Crippen LogP contribution in [0.1, 0.15) is 29.5 Å². The molecule has 1 aromatic heterocycles. The lowest BCUT2D eigenvalue weighted by Gasteiger charge is -2.11. The molecule has 0 amide bonds. The summed E-state index contributed by atoms with van der Waals surface area (Å²) in [5, 5.41) is 1.34. The van der Waals surface area contributed by atoms with Crippen molar-refractivity contribution in [1.82, 2.24) is 4.98 Å². The highest BCUT2D eigenvalue weighted by Gasteiger charge is 2.17. The number of hydrogen-bond donors (Lipinski definition) is 2. The van der Waals surface area contributed by atoms with Gasteiger partial charge in [-0.1, -0.05) is 12.1 Å². The topological polar surface area (TPSA) is 60.3 Å². The number of hydrogen-bond acceptors (Lipinski definition) is 3. The van der Waals surface area contributed by atoms with Crippen LogP contribution >= 0.6 is 0 Å². The quantitative estimate of drug-likeness (QED) is 0.603. The van der Waals surface area contributed by atoms with Crippen molar-refractivity contribution in [3.63, 3.8) is 0 Å². The van der Waals surface area contributed by atoms with Crippen molar-refractivity contribution < 1.29 is 9.47 Å². The monoisotopic (exact) mass is 352 g/mol. The Labute approximate surface area is 155 Å². The highest BCUT2D eigenvalue weighted by molar-refractivity contribution is 5.95. The number of ether oxygens (including phenoxy) is 2. The SMILES string of the molecule is COc1ccc(-c2[nH]c3c(C)ccc(C)c3c2CCCCN)cc1OC. The lowest BCUT2D eigenvalue weighted by Crippen LogP contribution is -1.99. The van der Waals surface area contributed by atoms with E-state index in [1.54, 1.807) is 14.2 Å². The number of nitrogens with two attached hydrogens (primary N) is 1. The molecule has 0 bridgehead atoms. The molecule has 0 aliphatic carbocycles. The van der Waals surface area contributed by atoms with Crippen LogP contribution in [0.15, 0.2) is 30.3 Å². The summed E-state index contributed by atoms with van der Waals surface area (Å²) in [6, 6.07) is 10.5. The van der Waals surface area contributed by atoms with E-state index in [4.69, 9.17) is 15.2 Å². The van der Waals surface area contributed by atoms with E-state index in [1.807, 2.05) is 12.1 Å². The first kappa shape index (κ1) is 18.3. The zero-order valence-electron chi connectivity index (χ0n) is 16.1. The fourth-order valence-corrected chi connectivity index (χ4v) is 3.62. The van der Waals surface area contributed by atoms with Gasteiger partial charge < -0.3 is 20.2 Å². The molecule has 0 radical (unpaired) electrons. The molecule has 0 saturated carbocycles. The molecule has 0 fully saturated rings. The van der Waals surface area contributed by atoms with Crippen LogP contribution in [0.4, 0.5) is 0 Å². The van der Waals surface area contributed by atoms with E-state index >= 15 is 0 Å². The van der Waals surface area contributed by atoms with Crippen LogP contribution in [0.2, 0.25) is 0 Å². The van der Waals surface area contributed by atoms with Crippen LogP contribution in [0.5, 0.6) is 11.5 Å². The third-order valence-corrected chi connectivity index (χ3v) is 5.03. The van der Waals surface area contributed by atoms with Gasteiger partial charge >= 0.3 is 0 Å². The fraction of sp³-hybridized carbons (Fsp3) is 0.364. The summed E-state index contributed by atoms with van der Waals surface area (Å²) < 4.78 is 10.9. The normalized spacial score (nSPS) is 11.1. The Morgan fingerprint density at radius 1 is 0.923 bits per heavy atom. The third-order valence-electron chi connectivity index (χ3n) is 5.03. The van der Waals surface area contributed by atoms with E-state index < -0.39 is 0 Å². The van der Waals surface area contributed by atoms with Gasteiger partial charge in [-0.3, -0.25) is 0 Å². The molecule has 2 aromatic carbocycles. The number of fused-ring (bicyclic) bond motifs is 1. The minimum Gasteiger partial charge on any atom is -0.493 e. The Bertz CT molecular complexity index is 912. The van der Waals surface area contributed by atoms with Crippen molar-refractivity contribution in [2.75, 3.05) is 20.8 Å². The number of benzene rings is 2. The first-order valence-corrected chi connectivity index (χ1v) is 9.14. The molecule has 4 heteroatoms. The summed E-state index contributed by atoms with van der Waals surface area (Å²) in [7, 11) is 3.33. The minimum atomic E-state index is 0.728. The van der Waals surface area contributed by atoms with Crippen molar-refractivity contribution in [1.29, 1.82) is 0 Å². The number of nitrogens with one attached hydrogen (secondary N) is 1. The smallest absolute Gasteiger partial charge is 0.161 e. The zero-order valence-corrected chi connectivity index (χ0v) is 16.1. The molecular formula is C22H28N2O2. The maximum Gasteiger partial charge on any atom is 0.161 e. The molecule has 0 aliphatic heterocycles. The molecule has 138 valence electrons. The molecule has 0 spiro atoms. The molecule has 3 rings (SSSR count). The molecule has 0 aliphatic rings. The molecule has 3 N–H and O–H groups in total. The third kappa shape index (κ3) is 3.29. The maximum absolute atomic E-state index is 5.72. The van der Waals surface area contributed by atoms with Gasteiger partial charge in [-0.25, -0.2) is 0 Å². The molecule has 0 unspecified atom stereocenters. The van der Waals surface area contributed by atoms with E-state index in [0.717, 1.165) is 48.6 Å². The highest BCUT2D eigenvalue weighted by atomic mass is 16.5. The Hall–Kier alpha value is -2.46. The fourth-order valence-electron chi connectivity index (χ4n) is 3.62. The molecule has 1 heterocycles. The van der Waals surface area contributed by atoms with Crippen molar-refractivity contribution >= 4 is 10.9 Å². The van der Waals surface area contributed by atoms with Gasteiger partial charge in [-0.2, -0.15) is 0 Å². The summed E-state index contributed by atoms with van der Waals surface area (Å²) >= 11 is 0. The van der Waals surface area contributed by atoms with Crippen molar-refractivity contribution in [2.24, 2.45) is 5.73 Å². The van der Waals surface area contributed by atoms with Crippen LogP contribution in [-0.2, 0) is 6.42 Å². The van der Waals surface area contributed by atoms with E-state index in [-0.39, 0.29) is 0 Å². The highest BCUT2D eigenvalue weighted by Crippen LogP contribution is 2.38. The molecule has 0 saturated heterocycles. The van der Waals surface area contributed by atoms with Gasteiger partial charge in [-0.15, -0.1) is 0 Å². The number of aryl methyl sites for hydroxylation is 3. The number of unbranched alkanes of at least 4 members (excludes halogenated alkanes) is 1. The maximum atomic E-state index is 5.72. The van der Waals surface area contributed by atoms with Gasteiger partial charge in [0.1, 0.15) is 0 Å². The second-order valence-electron chi connectivity index (χ2n) is 6.74. The van der Waals surface area contributed by atoms with Crippen LogP contribution in [0.3, 0.4) is 0 Å². The van der Waals surface area contributed by atoms with E-state index in [2.05, 4.69) is 37.0 Å². The van der Waals surface area contributed by atoms with Crippen LogP contribution in [-0.4, -0.2) is 25.7 Å². The average Bonchev–Trinajstić information content (AvgIpc) is 3.05. The second kappa shape index (κ2) is 7.83. The predicted octanol–water partition coefficient (Wildman–Crippen LogP) is 4.75. The summed E-state index contributed by atoms with van der Waals surface area (Å²) in [4.78, 5) is 3.68. The van der Waals surface area contributed by atoms with Crippen LogP contribution < -0.4 is 15.2 Å². The molecule has 0 atom stereocenters. The number of aromatic amines is 1. The van der Waals surface area contributed by atoms with E-state index in [9.17, 15) is 0 Å². The van der Waals surface area contributed by atoms with Gasteiger partial charge in [-0.05, 0) is 74.5 Å². The van der Waals surface area contributed by atoms with Crippen LogP contribution in [0, 0.1) is 13.8 Å². The number of aromatic nitrogens is 1. The van der Waals surface area contributed by atoms with Gasteiger partial charge in [0.05, 0.1) is 14.2 Å². The second-order valence-corrected chi connectivity index (χ2v) is 6.74. The Balaban J connectivity index is 2.19. The first-order valence-electron chi connectivity index (χ1n) is 9.14. The summed E-state index contributed by atoms with van der Waals surface area (Å²) in [6.45, 7) is 5.06.